The van der Waals surface area contributed by atoms with Crippen molar-refractivity contribution in [2.45, 2.75) is 46.6 Å². The summed E-state index contributed by atoms with van der Waals surface area (Å²) in [4.78, 5) is 24.9. The Labute approximate surface area is 158 Å². The Kier molecular flexibility index (Phi) is 4.25. The summed E-state index contributed by atoms with van der Waals surface area (Å²) in [6.45, 7) is 7.28. The molecule has 0 saturated heterocycles. The van der Waals surface area contributed by atoms with Gasteiger partial charge in [-0.3, -0.25) is 9.59 Å². The van der Waals surface area contributed by atoms with Gasteiger partial charge in [0.05, 0.1) is 0 Å². The summed E-state index contributed by atoms with van der Waals surface area (Å²) >= 11 is 0. The number of nitrogens with zero attached hydrogens (tertiary/aromatic N) is 3. The maximum absolute atomic E-state index is 12.6. The standard InChI is InChI=1S/C20H25N5O2/c1-12-4-5-15(9-16(12)22-19(27)20(3)6-7-20)18(26)21-10-14-8-17-24-23-13(2)25(17)11-14/h4-5,9,14H,6-8,10-11H2,1-3H3,(H,21,26)(H,22,27). The summed E-state index contributed by atoms with van der Waals surface area (Å²) in [6, 6.07) is 5.44. The van der Waals surface area contributed by atoms with E-state index < -0.39 is 0 Å². The van der Waals surface area contributed by atoms with Crippen LogP contribution in [0, 0.1) is 25.2 Å². The molecule has 2 heterocycles. The van der Waals surface area contributed by atoms with Gasteiger partial charge < -0.3 is 15.2 Å². The second-order valence-corrected chi connectivity index (χ2v) is 8.10. The lowest BCUT2D eigenvalue weighted by Crippen LogP contribution is -2.30. The number of aryl methyl sites for hydroxylation is 2. The SMILES string of the molecule is Cc1ccc(C(=O)NCC2Cc3nnc(C)n3C2)cc1NC(=O)C1(C)CC1. The van der Waals surface area contributed by atoms with Crippen molar-refractivity contribution in [2.75, 3.05) is 11.9 Å². The van der Waals surface area contributed by atoms with E-state index in [-0.39, 0.29) is 17.2 Å². The molecule has 2 N–H and O–H groups in total. The Bertz CT molecular complexity index is 913. The normalized spacial score (nSPS) is 19.4. The Morgan fingerprint density at radius 2 is 2.04 bits per heavy atom. The predicted octanol–water partition coefficient (Wildman–Crippen LogP) is 2.24. The first-order valence-electron chi connectivity index (χ1n) is 9.45. The third-order valence-electron chi connectivity index (χ3n) is 5.77. The molecule has 1 saturated carbocycles. The van der Waals surface area contributed by atoms with Gasteiger partial charge in [-0.05, 0) is 44.4 Å². The van der Waals surface area contributed by atoms with Crippen LogP contribution >= 0.6 is 0 Å². The second kappa shape index (κ2) is 6.48. The number of carbonyl (C=O) groups excluding carboxylic acids is 2. The van der Waals surface area contributed by atoms with Crippen molar-refractivity contribution in [3.05, 3.63) is 41.0 Å². The summed E-state index contributed by atoms with van der Waals surface area (Å²) in [5, 5.41) is 14.2. The van der Waals surface area contributed by atoms with Crippen molar-refractivity contribution >= 4 is 17.5 Å². The number of benzene rings is 1. The second-order valence-electron chi connectivity index (χ2n) is 8.10. The Morgan fingerprint density at radius 1 is 1.26 bits per heavy atom. The van der Waals surface area contributed by atoms with Crippen LogP contribution in [-0.2, 0) is 17.8 Å². The van der Waals surface area contributed by atoms with Crippen LogP contribution < -0.4 is 10.6 Å². The Morgan fingerprint density at radius 3 is 2.74 bits per heavy atom. The van der Waals surface area contributed by atoms with E-state index in [1.807, 2.05) is 26.8 Å². The summed E-state index contributed by atoms with van der Waals surface area (Å²) in [6.07, 6.45) is 2.67. The molecule has 1 aromatic heterocycles. The largest absolute Gasteiger partial charge is 0.352 e. The molecule has 1 aromatic carbocycles. The summed E-state index contributed by atoms with van der Waals surface area (Å²) < 4.78 is 2.11. The molecule has 1 aliphatic carbocycles. The lowest BCUT2D eigenvalue weighted by molar-refractivity contribution is -0.120. The topological polar surface area (TPSA) is 88.9 Å². The fourth-order valence-electron chi connectivity index (χ4n) is 3.46. The molecular weight excluding hydrogens is 342 g/mol. The van der Waals surface area contributed by atoms with Gasteiger partial charge in [0.1, 0.15) is 11.6 Å². The van der Waals surface area contributed by atoms with Crippen molar-refractivity contribution in [3.8, 4) is 0 Å². The molecule has 1 fully saturated rings. The minimum atomic E-state index is -0.245. The zero-order chi connectivity index (χ0) is 19.2. The van der Waals surface area contributed by atoms with Crippen molar-refractivity contribution in [1.29, 1.82) is 0 Å². The van der Waals surface area contributed by atoms with Crippen LogP contribution in [0.3, 0.4) is 0 Å². The van der Waals surface area contributed by atoms with Crippen LogP contribution in [0.1, 0.15) is 47.3 Å². The first kappa shape index (κ1) is 17.7. The molecule has 2 aromatic rings. The minimum Gasteiger partial charge on any atom is -0.352 e. The maximum Gasteiger partial charge on any atom is 0.251 e. The van der Waals surface area contributed by atoms with Crippen LogP contribution in [-0.4, -0.2) is 33.1 Å². The number of hydrogen-bond donors (Lipinski definition) is 2. The van der Waals surface area contributed by atoms with Gasteiger partial charge in [0.25, 0.3) is 5.91 Å². The monoisotopic (exact) mass is 367 g/mol. The predicted molar refractivity (Wildman–Crippen MR) is 101 cm³/mol. The van der Waals surface area contributed by atoms with E-state index >= 15 is 0 Å². The molecule has 1 atom stereocenters. The highest BCUT2D eigenvalue weighted by Crippen LogP contribution is 2.45. The fraction of sp³-hybridized carbons (Fsp3) is 0.500. The number of nitrogens with one attached hydrogen (secondary N) is 2. The summed E-state index contributed by atoms with van der Waals surface area (Å²) in [5.74, 6) is 2.15. The van der Waals surface area contributed by atoms with Gasteiger partial charge in [-0.2, -0.15) is 0 Å². The highest BCUT2D eigenvalue weighted by Gasteiger charge is 2.44. The van der Waals surface area contributed by atoms with Crippen LogP contribution in [0.15, 0.2) is 18.2 Å². The maximum atomic E-state index is 12.6. The molecule has 142 valence electrons. The first-order chi connectivity index (χ1) is 12.9. The lowest BCUT2D eigenvalue weighted by atomic mass is 10.1. The van der Waals surface area contributed by atoms with E-state index in [9.17, 15) is 9.59 Å². The third kappa shape index (κ3) is 3.46. The van der Waals surface area contributed by atoms with Crippen LogP contribution in [0.4, 0.5) is 5.69 Å². The first-order valence-corrected chi connectivity index (χ1v) is 9.45. The molecule has 7 nitrogen and oxygen atoms in total. The number of carbonyl (C=O) groups is 2. The number of anilines is 1. The molecule has 0 bridgehead atoms. The molecule has 4 rings (SSSR count). The summed E-state index contributed by atoms with van der Waals surface area (Å²) in [7, 11) is 0. The van der Waals surface area contributed by atoms with E-state index in [1.54, 1.807) is 12.1 Å². The number of amides is 2. The smallest absolute Gasteiger partial charge is 0.251 e. The van der Waals surface area contributed by atoms with Gasteiger partial charge in [0.15, 0.2) is 0 Å². The molecule has 7 heteroatoms. The van der Waals surface area contributed by atoms with Crippen LogP contribution in [0.2, 0.25) is 0 Å². The van der Waals surface area contributed by atoms with Crippen molar-refractivity contribution in [3.63, 3.8) is 0 Å². The summed E-state index contributed by atoms with van der Waals surface area (Å²) in [5.41, 5.74) is 1.98. The highest BCUT2D eigenvalue weighted by atomic mass is 16.2. The molecule has 1 unspecified atom stereocenters. The minimum absolute atomic E-state index is 0.0347. The van der Waals surface area contributed by atoms with Gasteiger partial charge in [-0.25, -0.2) is 0 Å². The van der Waals surface area contributed by atoms with E-state index in [0.717, 1.165) is 43.0 Å². The van der Waals surface area contributed by atoms with E-state index in [4.69, 9.17) is 0 Å². The Hall–Kier alpha value is -2.70. The van der Waals surface area contributed by atoms with Gasteiger partial charge in [0.2, 0.25) is 5.91 Å². The van der Waals surface area contributed by atoms with Crippen molar-refractivity contribution in [2.24, 2.45) is 11.3 Å². The number of hydrogen-bond acceptors (Lipinski definition) is 4. The van der Waals surface area contributed by atoms with E-state index in [2.05, 4.69) is 25.4 Å². The van der Waals surface area contributed by atoms with Crippen molar-refractivity contribution < 1.29 is 9.59 Å². The number of rotatable bonds is 5. The zero-order valence-electron chi connectivity index (χ0n) is 16.0. The molecule has 0 radical (unpaired) electrons. The van der Waals surface area contributed by atoms with Crippen molar-refractivity contribution in [1.82, 2.24) is 20.1 Å². The highest BCUT2D eigenvalue weighted by molar-refractivity contribution is 6.00. The molecule has 2 aliphatic rings. The quantitative estimate of drug-likeness (QED) is 0.848. The third-order valence-corrected chi connectivity index (χ3v) is 5.77. The molecule has 2 amide bonds. The van der Waals surface area contributed by atoms with E-state index in [1.165, 1.54) is 0 Å². The van der Waals surface area contributed by atoms with Gasteiger partial charge >= 0.3 is 0 Å². The fourth-order valence-corrected chi connectivity index (χ4v) is 3.46. The Balaban J connectivity index is 1.37. The molecule has 1 aliphatic heterocycles. The molecular formula is C20H25N5O2. The average molecular weight is 367 g/mol. The van der Waals surface area contributed by atoms with Gasteiger partial charge in [-0.15, -0.1) is 10.2 Å². The molecule has 27 heavy (non-hydrogen) atoms. The van der Waals surface area contributed by atoms with Gasteiger partial charge in [-0.1, -0.05) is 13.0 Å². The van der Waals surface area contributed by atoms with Crippen LogP contribution in [0.5, 0.6) is 0 Å². The van der Waals surface area contributed by atoms with Gasteiger partial charge in [0, 0.05) is 42.1 Å². The van der Waals surface area contributed by atoms with E-state index in [0.29, 0.717) is 23.7 Å². The van der Waals surface area contributed by atoms with Crippen LogP contribution in [0.25, 0.3) is 0 Å². The molecule has 0 spiro atoms. The lowest BCUT2D eigenvalue weighted by Gasteiger charge is -2.14. The average Bonchev–Trinajstić information content (AvgIpc) is 3.12. The number of aromatic nitrogens is 3. The zero-order valence-corrected chi connectivity index (χ0v) is 16.0. The number of fused-ring (bicyclic) bond motifs is 1.